The molecule has 7 atom stereocenters. The number of amides is 7. The van der Waals surface area contributed by atoms with Gasteiger partial charge in [0.1, 0.15) is 36.3 Å². The number of nitrogens with two attached hydrogens (primary N) is 1. The molecule has 0 saturated heterocycles. The van der Waals surface area contributed by atoms with Crippen LogP contribution in [-0.2, 0) is 38.4 Å². The van der Waals surface area contributed by atoms with Crippen LogP contribution >= 0.6 is 0 Å². The molecule has 0 spiro atoms. The van der Waals surface area contributed by atoms with E-state index in [-0.39, 0.29) is 37.5 Å². The normalized spacial score (nSPS) is 15.5. The maximum absolute atomic E-state index is 13.5. The van der Waals surface area contributed by atoms with E-state index in [1.165, 1.54) is 13.8 Å². The fraction of sp³-hybridized carbons (Fsp3) is 0.742. The number of rotatable bonds is 22. The minimum atomic E-state index is -1.67. The molecule has 0 fully saturated rings. The Kier molecular flexibility index (Phi) is 19.7. The summed E-state index contributed by atoms with van der Waals surface area (Å²) in [6.07, 6.45) is -1.66. The smallest absolute Gasteiger partial charge is 0.326 e. The molecule has 49 heavy (non-hydrogen) atoms. The molecule has 0 aliphatic rings. The molecular formula is C31H55N7O11. The molecule has 0 bridgehead atoms. The van der Waals surface area contributed by atoms with E-state index >= 15 is 0 Å². The third-order valence-corrected chi connectivity index (χ3v) is 7.16. The second kappa shape index (κ2) is 21.6. The lowest BCUT2D eigenvalue weighted by Gasteiger charge is -2.29. The molecule has 0 aromatic heterocycles. The predicted molar refractivity (Wildman–Crippen MR) is 176 cm³/mol. The van der Waals surface area contributed by atoms with Gasteiger partial charge in [-0.15, -0.1) is 0 Å². The molecule has 11 N–H and O–H groups in total. The molecule has 18 nitrogen and oxygen atoms in total. The Balaban J connectivity index is 5.93. The van der Waals surface area contributed by atoms with Crippen molar-refractivity contribution in [3.63, 3.8) is 0 Å². The second-order valence-electron chi connectivity index (χ2n) is 13.2. The molecule has 0 aromatic carbocycles. The Morgan fingerprint density at radius 3 is 1.45 bits per heavy atom. The van der Waals surface area contributed by atoms with Crippen LogP contribution in [0.3, 0.4) is 0 Å². The van der Waals surface area contributed by atoms with Gasteiger partial charge in [-0.2, -0.15) is 0 Å². The maximum atomic E-state index is 13.5. The Bertz CT molecular complexity index is 1180. The maximum Gasteiger partial charge on any atom is 0.326 e. The first-order valence-electron chi connectivity index (χ1n) is 16.2. The lowest BCUT2D eigenvalue weighted by atomic mass is 9.99. The van der Waals surface area contributed by atoms with Crippen LogP contribution in [0.2, 0.25) is 0 Å². The van der Waals surface area contributed by atoms with Crippen molar-refractivity contribution < 1.29 is 53.7 Å². The number of carboxylic acid groups (broad SMARTS) is 1. The van der Waals surface area contributed by atoms with Crippen molar-refractivity contribution in [1.29, 1.82) is 0 Å². The average molecular weight is 702 g/mol. The van der Waals surface area contributed by atoms with Crippen LogP contribution in [0.15, 0.2) is 0 Å². The number of hydrogen-bond acceptors (Lipinski definition) is 10. The monoisotopic (exact) mass is 701 g/mol. The van der Waals surface area contributed by atoms with Crippen LogP contribution in [0.1, 0.15) is 81.1 Å². The molecule has 0 radical (unpaired) electrons. The molecule has 7 amide bonds. The number of carbonyl (C=O) groups excluding carboxylic acids is 7. The third kappa shape index (κ3) is 17.1. The molecule has 0 unspecified atom stereocenters. The van der Waals surface area contributed by atoms with Crippen molar-refractivity contribution in [2.24, 2.45) is 23.5 Å². The van der Waals surface area contributed by atoms with E-state index in [9.17, 15) is 53.7 Å². The highest BCUT2D eigenvalue weighted by atomic mass is 16.4. The van der Waals surface area contributed by atoms with E-state index in [4.69, 9.17) is 5.73 Å². The number of primary amides is 1. The minimum absolute atomic E-state index is 0.0781. The molecule has 0 saturated carbocycles. The van der Waals surface area contributed by atoms with Gasteiger partial charge in [0.15, 0.2) is 0 Å². The number of carbonyl (C=O) groups is 8. The highest BCUT2D eigenvalue weighted by Crippen LogP contribution is 2.11. The van der Waals surface area contributed by atoms with Crippen LogP contribution < -0.4 is 37.6 Å². The van der Waals surface area contributed by atoms with Crippen molar-refractivity contribution in [2.45, 2.75) is 123 Å². The Hall–Kier alpha value is -4.32. The largest absolute Gasteiger partial charge is 0.480 e. The quantitative estimate of drug-likeness (QED) is 0.0558. The average Bonchev–Trinajstić information content (AvgIpc) is 2.96. The summed E-state index contributed by atoms with van der Waals surface area (Å²) in [7, 11) is 0. The summed E-state index contributed by atoms with van der Waals surface area (Å²) < 4.78 is 0. The Morgan fingerprint density at radius 2 is 1.02 bits per heavy atom. The van der Waals surface area contributed by atoms with Crippen LogP contribution in [0.25, 0.3) is 0 Å². The van der Waals surface area contributed by atoms with Crippen molar-refractivity contribution >= 4 is 47.3 Å². The predicted octanol–water partition coefficient (Wildman–Crippen LogP) is -2.61. The summed E-state index contributed by atoms with van der Waals surface area (Å²) >= 11 is 0. The van der Waals surface area contributed by atoms with Crippen molar-refractivity contribution in [2.75, 3.05) is 6.61 Å². The number of aliphatic hydroxyl groups excluding tert-OH is 2. The number of hydrogen-bond donors (Lipinski definition) is 10. The van der Waals surface area contributed by atoms with Crippen molar-refractivity contribution in [3.05, 3.63) is 0 Å². The zero-order valence-electron chi connectivity index (χ0n) is 29.5. The fourth-order valence-corrected chi connectivity index (χ4v) is 4.63. The van der Waals surface area contributed by atoms with Crippen LogP contribution in [0.4, 0.5) is 0 Å². The van der Waals surface area contributed by atoms with Gasteiger partial charge in [-0.25, -0.2) is 4.79 Å². The molecule has 0 aliphatic heterocycles. The summed E-state index contributed by atoms with van der Waals surface area (Å²) in [6, 6.07) is -8.23. The zero-order valence-corrected chi connectivity index (χ0v) is 29.5. The van der Waals surface area contributed by atoms with Gasteiger partial charge in [-0.3, -0.25) is 33.6 Å². The first-order valence-corrected chi connectivity index (χ1v) is 16.2. The highest BCUT2D eigenvalue weighted by molar-refractivity contribution is 5.97. The minimum Gasteiger partial charge on any atom is -0.480 e. The molecule has 280 valence electrons. The van der Waals surface area contributed by atoms with Gasteiger partial charge in [-0.05, 0) is 43.9 Å². The lowest BCUT2D eigenvalue weighted by Crippen LogP contribution is -2.62. The van der Waals surface area contributed by atoms with Gasteiger partial charge >= 0.3 is 5.97 Å². The Morgan fingerprint density at radius 1 is 0.592 bits per heavy atom. The number of carboxylic acids is 1. The van der Waals surface area contributed by atoms with Crippen LogP contribution in [0, 0.1) is 17.8 Å². The van der Waals surface area contributed by atoms with E-state index in [0.717, 1.165) is 0 Å². The first-order chi connectivity index (χ1) is 22.6. The van der Waals surface area contributed by atoms with Gasteiger partial charge in [-0.1, -0.05) is 41.5 Å². The lowest BCUT2D eigenvalue weighted by molar-refractivity contribution is -0.143. The molecule has 18 heteroatoms. The molecule has 0 rings (SSSR count). The van der Waals surface area contributed by atoms with Gasteiger partial charge in [0.05, 0.1) is 12.7 Å². The molecular weight excluding hydrogens is 646 g/mol. The van der Waals surface area contributed by atoms with E-state index in [1.54, 1.807) is 41.5 Å². The summed E-state index contributed by atoms with van der Waals surface area (Å²) in [5.41, 5.74) is 5.18. The van der Waals surface area contributed by atoms with E-state index in [1.807, 2.05) is 0 Å². The van der Waals surface area contributed by atoms with Crippen molar-refractivity contribution in [3.8, 4) is 0 Å². The SMILES string of the molecule is CC(=O)N[C@@H](CCC(N)=O)C(=O)N[C@@H](CC(C)C)C(=O)N[C@H](C(=O)N[C@H](C(=O)N[C@@H](CO)C(=O)N[C@@H](CC(C)C)C(=O)O)[C@@H](C)O)C(C)C. The van der Waals surface area contributed by atoms with E-state index < -0.39 is 102 Å². The van der Waals surface area contributed by atoms with E-state index in [0.29, 0.717) is 0 Å². The van der Waals surface area contributed by atoms with E-state index in [2.05, 4.69) is 31.9 Å². The standard InChI is InChI=1S/C31H55N7O11/c1-14(2)11-20(34-26(43)19(33-18(8)41)9-10-23(32)42)27(44)37-24(16(5)6)29(46)38-25(17(7)40)30(47)36-22(13-39)28(45)35-21(31(48)49)12-15(3)4/h14-17,19-22,24-25,39-40H,9-13H2,1-8H3,(H2,32,42)(H,33,41)(H,34,43)(H,35,45)(H,36,47)(H,37,44)(H,38,46)(H,48,49)/t17-,19+,20+,21+,22+,24+,25+/m1/s1. The Labute approximate surface area is 286 Å². The van der Waals surface area contributed by atoms with Gasteiger partial charge in [0.2, 0.25) is 41.4 Å². The summed E-state index contributed by atoms with van der Waals surface area (Å²) in [5, 5.41) is 43.8. The van der Waals surface area contributed by atoms with Crippen molar-refractivity contribution in [1.82, 2.24) is 31.9 Å². The van der Waals surface area contributed by atoms with Gasteiger partial charge < -0.3 is 53.0 Å². The fourth-order valence-electron chi connectivity index (χ4n) is 4.63. The number of aliphatic carboxylic acids is 1. The number of nitrogens with one attached hydrogen (secondary N) is 6. The topological polar surface area (TPSA) is 295 Å². The second-order valence-corrected chi connectivity index (χ2v) is 13.2. The molecule has 0 aromatic rings. The van der Waals surface area contributed by atoms with Crippen LogP contribution in [-0.4, -0.2) is 112 Å². The molecule has 0 aliphatic carbocycles. The summed E-state index contributed by atoms with van der Waals surface area (Å²) in [5.74, 6) is -7.86. The van der Waals surface area contributed by atoms with Gasteiger partial charge in [0, 0.05) is 13.3 Å². The highest BCUT2D eigenvalue weighted by Gasteiger charge is 2.35. The first kappa shape index (κ1) is 44.7. The summed E-state index contributed by atoms with van der Waals surface area (Å²) in [6.45, 7) is 11.7. The summed E-state index contributed by atoms with van der Waals surface area (Å²) in [4.78, 5) is 100. The number of aliphatic hydroxyl groups is 2. The zero-order chi connectivity index (χ0) is 38.2. The molecule has 0 heterocycles. The van der Waals surface area contributed by atoms with Gasteiger partial charge in [0.25, 0.3) is 0 Å². The third-order valence-electron chi connectivity index (χ3n) is 7.16. The van der Waals surface area contributed by atoms with Crippen LogP contribution in [0.5, 0.6) is 0 Å².